The van der Waals surface area contributed by atoms with E-state index < -0.39 is 4.92 Å². The highest BCUT2D eigenvalue weighted by atomic mass is 16.6. The zero-order valence-corrected chi connectivity index (χ0v) is 13.2. The molecule has 0 bridgehead atoms. The Morgan fingerprint density at radius 3 is 2.75 bits per heavy atom. The summed E-state index contributed by atoms with van der Waals surface area (Å²) in [5.74, 6) is 1.93. The maximum atomic E-state index is 11.1. The van der Waals surface area contributed by atoms with Crippen molar-refractivity contribution in [1.29, 1.82) is 0 Å². The third-order valence-electron chi connectivity index (χ3n) is 3.71. The SMILES string of the molecule is CC(=CCc1oc2ccc([N+](=O)[O-])cc2c1-c1ccc(C)o1)NO. The minimum absolute atomic E-state index is 0.0110. The fourth-order valence-electron chi connectivity index (χ4n) is 2.52. The van der Waals surface area contributed by atoms with Gasteiger partial charge >= 0.3 is 0 Å². The molecule has 0 saturated heterocycles. The number of benzene rings is 1. The van der Waals surface area contributed by atoms with Crippen molar-refractivity contribution in [2.45, 2.75) is 20.3 Å². The number of rotatable bonds is 5. The average molecular weight is 328 g/mol. The number of nitrogens with one attached hydrogen (secondary N) is 1. The van der Waals surface area contributed by atoms with E-state index in [1.807, 2.05) is 19.1 Å². The van der Waals surface area contributed by atoms with Gasteiger partial charge in [-0.1, -0.05) is 6.08 Å². The van der Waals surface area contributed by atoms with Crippen LogP contribution < -0.4 is 5.48 Å². The Hall–Kier alpha value is -3.06. The van der Waals surface area contributed by atoms with Gasteiger partial charge < -0.3 is 8.83 Å². The lowest BCUT2D eigenvalue weighted by molar-refractivity contribution is -0.384. The van der Waals surface area contributed by atoms with Crippen LogP contribution in [0.25, 0.3) is 22.3 Å². The molecule has 0 saturated carbocycles. The van der Waals surface area contributed by atoms with Gasteiger partial charge in [0, 0.05) is 29.6 Å². The van der Waals surface area contributed by atoms with Gasteiger partial charge in [0.25, 0.3) is 5.69 Å². The molecule has 7 heteroatoms. The highest BCUT2D eigenvalue weighted by molar-refractivity contribution is 5.95. The Labute approximate surface area is 137 Å². The van der Waals surface area contributed by atoms with Gasteiger partial charge in [0.05, 0.1) is 10.5 Å². The summed E-state index contributed by atoms with van der Waals surface area (Å²) in [5, 5.41) is 20.6. The van der Waals surface area contributed by atoms with Crippen molar-refractivity contribution in [3.05, 3.63) is 63.7 Å². The first-order chi connectivity index (χ1) is 11.5. The van der Waals surface area contributed by atoms with Gasteiger partial charge in [-0.15, -0.1) is 0 Å². The molecule has 24 heavy (non-hydrogen) atoms. The molecule has 0 fully saturated rings. The highest BCUT2D eigenvalue weighted by Crippen LogP contribution is 2.38. The summed E-state index contributed by atoms with van der Waals surface area (Å²) in [5.41, 5.74) is 3.85. The van der Waals surface area contributed by atoms with Crippen molar-refractivity contribution < 1.29 is 19.0 Å². The lowest BCUT2D eigenvalue weighted by Crippen LogP contribution is -2.02. The van der Waals surface area contributed by atoms with Crippen molar-refractivity contribution in [2.75, 3.05) is 0 Å². The van der Waals surface area contributed by atoms with E-state index in [9.17, 15) is 10.1 Å². The van der Waals surface area contributed by atoms with Gasteiger partial charge in [-0.3, -0.25) is 20.8 Å². The Balaban J connectivity index is 2.20. The Kier molecular flexibility index (Phi) is 4.09. The molecule has 0 radical (unpaired) electrons. The first-order valence-corrected chi connectivity index (χ1v) is 7.33. The second-order valence-corrected chi connectivity index (χ2v) is 5.45. The molecule has 0 spiro atoms. The molecule has 0 unspecified atom stereocenters. The number of furan rings is 2. The van der Waals surface area contributed by atoms with Crippen LogP contribution in [0.15, 0.2) is 50.9 Å². The largest absolute Gasteiger partial charge is 0.461 e. The van der Waals surface area contributed by atoms with Gasteiger partial charge in [0.15, 0.2) is 0 Å². The summed E-state index contributed by atoms with van der Waals surface area (Å²) in [7, 11) is 0. The van der Waals surface area contributed by atoms with Gasteiger partial charge in [-0.2, -0.15) is 0 Å². The van der Waals surface area contributed by atoms with Gasteiger partial charge in [-0.25, -0.2) is 0 Å². The van der Waals surface area contributed by atoms with Crippen LogP contribution in [0.2, 0.25) is 0 Å². The number of nitrogens with zero attached hydrogens (tertiary/aromatic N) is 1. The van der Waals surface area contributed by atoms with E-state index in [1.54, 1.807) is 19.1 Å². The molecular weight excluding hydrogens is 312 g/mol. The van der Waals surface area contributed by atoms with Crippen LogP contribution in [-0.4, -0.2) is 10.1 Å². The molecule has 0 aliphatic heterocycles. The number of hydrogen-bond acceptors (Lipinski definition) is 6. The molecule has 0 aliphatic rings. The summed E-state index contributed by atoms with van der Waals surface area (Å²) in [6.07, 6.45) is 2.16. The molecular formula is C17H16N2O5. The molecule has 3 rings (SSSR count). The summed E-state index contributed by atoms with van der Waals surface area (Å²) in [6, 6.07) is 8.10. The van der Waals surface area contributed by atoms with Gasteiger partial charge in [-0.05, 0) is 32.0 Å². The minimum atomic E-state index is -0.441. The van der Waals surface area contributed by atoms with Crippen LogP contribution in [0.1, 0.15) is 18.4 Å². The number of nitro benzene ring substituents is 1. The van der Waals surface area contributed by atoms with E-state index in [-0.39, 0.29) is 5.69 Å². The number of hydrogen-bond donors (Lipinski definition) is 2. The van der Waals surface area contributed by atoms with E-state index in [0.717, 1.165) is 5.76 Å². The Morgan fingerprint density at radius 2 is 2.12 bits per heavy atom. The van der Waals surface area contributed by atoms with Gasteiger partial charge in [0.2, 0.25) is 0 Å². The summed E-state index contributed by atoms with van der Waals surface area (Å²) in [6.45, 7) is 3.54. The number of fused-ring (bicyclic) bond motifs is 1. The van der Waals surface area contributed by atoms with Crippen LogP contribution in [-0.2, 0) is 6.42 Å². The first-order valence-electron chi connectivity index (χ1n) is 7.33. The van der Waals surface area contributed by atoms with E-state index in [2.05, 4.69) is 5.48 Å². The zero-order valence-electron chi connectivity index (χ0n) is 13.2. The lowest BCUT2D eigenvalue weighted by Gasteiger charge is -2.00. The molecule has 1 aromatic carbocycles. The third-order valence-corrected chi connectivity index (χ3v) is 3.71. The van der Waals surface area contributed by atoms with Crippen LogP contribution in [0.4, 0.5) is 5.69 Å². The predicted molar refractivity (Wildman–Crippen MR) is 87.7 cm³/mol. The zero-order chi connectivity index (χ0) is 17.3. The highest BCUT2D eigenvalue weighted by Gasteiger charge is 2.20. The second-order valence-electron chi connectivity index (χ2n) is 5.45. The molecule has 0 atom stereocenters. The molecule has 124 valence electrons. The number of nitro groups is 1. The van der Waals surface area contributed by atoms with Crippen molar-refractivity contribution >= 4 is 16.7 Å². The van der Waals surface area contributed by atoms with E-state index >= 15 is 0 Å². The topological polar surface area (TPSA) is 102 Å². The second kappa shape index (κ2) is 6.21. The summed E-state index contributed by atoms with van der Waals surface area (Å²) >= 11 is 0. The lowest BCUT2D eigenvalue weighted by atomic mass is 10.1. The van der Waals surface area contributed by atoms with Crippen molar-refractivity contribution in [3.8, 4) is 11.3 Å². The van der Waals surface area contributed by atoms with Crippen LogP contribution in [0.3, 0.4) is 0 Å². The quantitative estimate of drug-likeness (QED) is 0.534. The monoisotopic (exact) mass is 328 g/mol. The smallest absolute Gasteiger partial charge is 0.270 e. The van der Waals surface area contributed by atoms with Crippen LogP contribution >= 0.6 is 0 Å². The molecule has 2 aromatic heterocycles. The summed E-state index contributed by atoms with van der Waals surface area (Å²) < 4.78 is 11.6. The minimum Gasteiger partial charge on any atom is -0.461 e. The predicted octanol–water partition coefficient (Wildman–Crippen LogP) is 4.33. The number of hydroxylamine groups is 1. The van der Waals surface area contributed by atoms with Crippen molar-refractivity contribution in [1.82, 2.24) is 5.48 Å². The van der Waals surface area contributed by atoms with Crippen molar-refractivity contribution in [3.63, 3.8) is 0 Å². The molecule has 7 nitrogen and oxygen atoms in total. The number of non-ortho nitro benzene ring substituents is 1. The maximum absolute atomic E-state index is 11.1. The number of allylic oxidation sites excluding steroid dienone is 2. The molecule has 0 aliphatic carbocycles. The molecule has 0 amide bonds. The van der Waals surface area contributed by atoms with Crippen LogP contribution in [0.5, 0.6) is 0 Å². The number of aryl methyl sites for hydroxylation is 1. The molecule has 2 N–H and O–H groups in total. The first kappa shape index (κ1) is 15.8. The van der Waals surface area contributed by atoms with Gasteiger partial charge in [0.1, 0.15) is 22.9 Å². The summed E-state index contributed by atoms with van der Waals surface area (Å²) in [4.78, 5) is 10.6. The normalized spacial score (nSPS) is 11.9. The van der Waals surface area contributed by atoms with E-state index in [1.165, 1.54) is 12.1 Å². The average Bonchev–Trinajstić information content (AvgIpc) is 3.14. The van der Waals surface area contributed by atoms with Crippen LogP contribution in [0, 0.1) is 17.0 Å². The fourth-order valence-corrected chi connectivity index (χ4v) is 2.52. The van der Waals surface area contributed by atoms with E-state index in [4.69, 9.17) is 14.0 Å². The van der Waals surface area contributed by atoms with E-state index in [0.29, 0.717) is 40.2 Å². The fraction of sp³-hybridized carbons (Fsp3) is 0.176. The molecule has 2 heterocycles. The Morgan fingerprint density at radius 1 is 1.33 bits per heavy atom. The standard InChI is InChI=1S/C17H16N2O5/c1-10(18-20)3-6-16-17(15-7-4-11(2)23-15)13-9-12(19(21)22)5-8-14(13)24-16/h3-5,7-9,18,20H,6H2,1-2H3. The maximum Gasteiger partial charge on any atom is 0.270 e. The molecule has 3 aromatic rings. The van der Waals surface area contributed by atoms with Crippen molar-refractivity contribution in [2.24, 2.45) is 0 Å². The Bertz CT molecular complexity index is 936. The third kappa shape index (κ3) is 2.89.